The van der Waals surface area contributed by atoms with Crippen LogP contribution >= 0.6 is 11.3 Å². The van der Waals surface area contributed by atoms with E-state index < -0.39 is 11.5 Å². The normalized spacial score (nSPS) is 12.8. The van der Waals surface area contributed by atoms with Gasteiger partial charge in [-0.3, -0.25) is 9.59 Å². The molecule has 2 amide bonds. The second-order valence-corrected chi connectivity index (χ2v) is 7.14. The summed E-state index contributed by atoms with van der Waals surface area (Å²) in [5.74, 6) is -0.279. The third-order valence-corrected chi connectivity index (χ3v) is 4.15. The summed E-state index contributed by atoms with van der Waals surface area (Å²) in [6.45, 7) is 9.79. The minimum atomic E-state index is -0.521. The number of amides is 2. The molecule has 112 valence electrons. The summed E-state index contributed by atoms with van der Waals surface area (Å²) in [5, 5.41) is 5.57. The molecule has 1 heterocycles. The van der Waals surface area contributed by atoms with Crippen molar-refractivity contribution in [2.75, 3.05) is 0 Å². The highest BCUT2D eigenvalue weighted by molar-refractivity contribution is 7.11. The van der Waals surface area contributed by atoms with Crippen molar-refractivity contribution in [2.24, 2.45) is 5.41 Å². The quantitative estimate of drug-likeness (QED) is 0.877. The lowest BCUT2D eigenvalue weighted by Crippen LogP contribution is -2.48. The van der Waals surface area contributed by atoms with Crippen LogP contribution in [0.2, 0.25) is 0 Å². The summed E-state index contributed by atoms with van der Waals surface area (Å²) >= 11 is 1.70. The van der Waals surface area contributed by atoms with Gasteiger partial charge in [0.25, 0.3) is 0 Å². The van der Waals surface area contributed by atoms with Crippen molar-refractivity contribution in [1.82, 2.24) is 10.6 Å². The molecule has 0 saturated carbocycles. The number of rotatable bonds is 5. The van der Waals surface area contributed by atoms with Crippen LogP contribution in [0.25, 0.3) is 0 Å². The monoisotopic (exact) mass is 296 g/mol. The molecule has 0 saturated heterocycles. The Morgan fingerprint density at radius 2 is 1.85 bits per heavy atom. The van der Waals surface area contributed by atoms with Gasteiger partial charge in [0.05, 0.1) is 6.54 Å². The van der Waals surface area contributed by atoms with Gasteiger partial charge in [0.1, 0.15) is 6.04 Å². The van der Waals surface area contributed by atoms with E-state index in [1.54, 1.807) is 18.3 Å². The van der Waals surface area contributed by atoms with E-state index in [1.807, 2.05) is 26.8 Å². The van der Waals surface area contributed by atoms with Gasteiger partial charge in [0, 0.05) is 15.2 Å². The SMILES string of the molecule is CCc1ccc(CNC(=O)[C@H](C)NC(=O)C(C)(C)C)s1. The molecule has 1 rings (SSSR count). The lowest BCUT2D eigenvalue weighted by atomic mass is 9.95. The van der Waals surface area contributed by atoms with Gasteiger partial charge >= 0.3 is 0 Å². The highest BCUT2D eigenvalue weighted by atomic mass is 32.1. The van der Waals surface area contributed by atoms with E-state index >= 15 is 0 Å². The molecule has 1 aromatic heterocycles. The summed E-state index contributed by atoms with van der Waals surface area (Å²) in [6.07, 6.45) is 1.01. The third kappa shape index (κ3) is 4.96. The van der Waals surface area contributed by atoms with Crippen LogP contribution in [-0.4, -0.2) is 17.9 Å². The largest absolute Gasteiger partial charge is 0.349 e. The fourth-order valence-electron chi connectivity index (χ4n) is 1.51. The summed E-state index contributed by atoms with van der Waals surface area (Å²) in [7, 11) is 0. The highest BCUT2D eigenvalue weighted by Gasteiger charge is 2.24. The van der Waals surface area contributed by atoms with Crippen LogP contribution in [0.15, 0.2) is 12.1 Å². The highest BCUT2D eigenvalue weighted by Crippen LogP contribution is 2.16. The van der Waals surface area contributed by atoms with Crippen molar-refractivity contribution >= 4 is 23.2 Å². The first-order valence-electron chi connectivity index (χ1n) is 6.90. The summed E-state index contributed by atoms with van der Waals surface area (Å²) < 4.78 is 0. The van der Waals surface area contributed by atoms with Gasteiger partial charge in [-0.25, -0.2) is 0 Å². The second-order valence-electron chi connectivity index (χ2n) is 5.88. The molecule has 1 atom stereocenters. The predicted octanol–water partition coefficient (Wildman–Crippen LogP) is 2.48. The van der Waals surface area contributed by atoms with Gasteiger partial charge in [-0.1, -0.05) is 27.7 Å². The molecule has 1 aromatic rings. The fraction of sp³-hybridized carbons (Fsp3) is 0.600. The zero-order valence-corrected chi connectivity index (χ0v) is 13.7. The molecule has 0 aromatic carbocycles. The number of thiophene rings is 1. The van der Waals surface area contributed by atoms with Crippen molar-refractivity contribution in [2.45, 2.75) is 53.6 Å². The van der Waals surface area contributed by atoms with Gasteiger partial charge in [0.15, 0.2) is 0 Å². The minimum absolute atomic E-state index is 0.121. The molecule has 0 fully saturated rings. The third-order valence-electron chi connectivity index (χ3n) is 2.92. The van der Waals surface area contributed by atoms with Crippen molar-refractivity contribution in [3.05, 3.63) is 21.9 Å². The van der Waals surface area contributed by atoms with Gasteiger partial charge in [0.2, 0.25) is 11.8 Å². The van der Waals surface area contributed by atoms with E-state index in [0.29, 0.717) is 6.54 Å². The number of nitrogens with one attached hydrogen (secondary N) is 2. The lowest BCUT2D eigenvalue weighted by Gasteiger charge is -2.21. The van der Waals surface area contributed by atoms with Crippen LogP contribution < -0.4 is 10.6 Å². The van der Waals surface area contributed by atoms with Crippen molar-refractivity contribution in [3.8, 4) is 0 Å². The molecule has 0 aliphatic heterocycles. The zero-order chi connectivity index (χ0) is 15.3. The van der Waals surface area contributed by atoms with Crippen molar-refractivity contribution < 1.29 is 9.59 Å². The number of carbonyl (C=O) groups excluding carboxylic acids is 2. The van der Waals surface area contributed by atoms with Gasteiger partial charge in [-0.05, 0) is 25.5 Å². The first-order chi connectivity index (χ1) is 9.24. The van der Waals surface area contributed by atoms with E-state index in [1.165, 1.54) is 4.88 Å². The molecule has 5 heteroatoms. The minimum Gasteiger partial charge on any atom is -0.349 e. The molecule has 0 spiro atoms. The number of carbonyl (C=O) groups is 2. The second kappa shape index (κ2) is 6.88. The molecular weight excluding hydrogens is 272 g/mol. The first kappa shape index (κ1) is 16.7. The Balaban J connectivity index is 2.44. The van der Waals surface area contributed by atoms with Crippen LogP contribution in [0.1, 0.15) is 44.4 Å². The standard InChI is InChI=1S/C15H24N2O2S/c1-6-11-7-8-12(20-11)9-16-13(18)10(2)17-14(19)15(3,4)5/h7-8,10H,6,9H2,1-5H3,(H,16,18)(H,17,19)/t10-/m0/s1. The maximum absolute atomic E-state index is 11.9. The van der Waals surface area contributed by atoms with Crippen molar-refractivity contribution in [3.63, 3.8) is 0 Å². The first-order valence-corrected chi connectivity index (χ1v) is 7.72. The average molecular weight is 296 g/mol. The number of hydrogen-bond donors (Lipinski definition) is 2. The zero-order valence-electron chi connectivity index (χ0n) is 12.9. The van der Waals surface area contributed by atoms with Crippen molar-refractivity contribution in [1.29, 1.82) is 0 Å². The van der Waals surface area contributed by atoms with Gasteiger partial charge < -0.3 is 10.6 Å². The lowest BCUT2D eigenvalue weighted by molar-refractivity contribution is -0.133. The molecule has 0 radical (unpaired) electrons. The van der Waals surface area contributed by atoms with E-state index in [4.69, 9.17) is 0 Å². The van der Waals surface area contributed by atoms with Gasteiger partial charge in [-0.15, -0.1) is 11.3 Å². The molecular formula is C15H24N2O2S. The predicted molar refractivity (Wildman–Crippen MR) is 82.6 cm³/mol. The smallest absolute Gasteiger partial charge is 0.242 e. The Morgan fingerprint density at radius 1 is 1.25 bits per heavy atom. The molecule has 0 bridgehead atoms. The van der Waals surface area contributed by atoms with Gasteiger partial charge in [-0.2, -0.15) is 0 Å². The van der Waals surface area contributed by atoms with E-state index in [9.17, 15) is 9.59 Å². The van der Waals surface area contributed by atoms with E-state index in [-0.39, 0.29) is 11.8 Å². The van der Waals surface area contributed by atoms with E-state index in [2.05, 4.69) is 23.6 Å². The van der Waals surface area contributed by atoms with E-state index in [0.717, 1.165) is 11.3 Å². The maximum atomic E-state index is 11.9. The Hall–Kier alpha value is -1.36. The number of aryl methyl sites for hydroxylation is 1. The Labute approximate surface area is 125 Å². The molecule has 0 aliphatic rings. The molecule has 2 N–H and O–H groups in total. The summed E-state index contributed by atoms with van der Waals surface area (Å²) in [5.41, 5.74) is -0.488. The molecule has 0 aliphatic carbocycles. The summed E-state index contributed by atoms with van der Waals surface area (Å²) in [4.78, 5) is 26.2. The Bertz CT molecular complexity index is 474. The van der Waals surface area contributed by atoms with Crippen LogP contribution in [-0.2, 0) is 22.6 Å². The van der Waals surface area contributed by atoms with Crippen LogP contribution in [0.3, 0.4) is 0 Å². The maximum Gasteiger partial charge on any atom is 0.242 e. The fourth-order valence-corrected chi connectivity index (χ4v) is 2.41. The van der Waals surface area contributed by atoms with Crippen LogP contribution in [0.4, 0.5) is 0 Å². The topological polar surface area (TPSA) is 58.2 Å². The van der Waals surface area contributed by atoms with Crippen LogP contribution in [0, 0.1) is 5.41 Å². The molecule has 0 unspecified atom stereocenters. The number of hydrogen-bond acceptors (Lipinski definition) is 3. The Kier molecular flexibility index (Phi) is 5.74. The Morgan fingerprint density at radius 3 is 2.35 bits per heavy atom. The van der Waals surface area contributed by atoms with Crippen LogP contribution in [0.5, 0.6) is 0 Å². The average Bonchev–Trinajstić information content (AvgIpc) is 2.82. The molecule has 20 heavy (non-hydrogen) atoms. The summed E-state index contributed by atoms with van der Waals surface area (Å²) in [6, 6.07) is 3.59. The molecule has 4 nitrogen and oxygen atoms in total.